The standard InChI is InChI=1S/C15H19N3O4S2/c1-15(2,3)18-24(20,21)12-7-6-11(22-12)13(19)17-14-16-10(8-23-14)9-4-5-9/h6-9,18H,4-5H2,1-3H3,(H,16,17,19). The SMILES string of the molecule is CC(C)(C)NS(=O)(=O)c1ccc(C(=O)Nc2nc(C3CC3)cs2)o1. The summed E-state index contributed by atoms with van der Waals surface area (Å²) in [6, 6.07) is 2.60. The first-order valence-corrected chi connectivity index (χ1v) is 9.91. The van der Waals surface area contributed by atoms with Crippen molar-refractivity contribution in [2.24, 2.45) is 0 Å². The summed E-state index contributed by atoms with van der Waals surface area (Å²) < 4.78 is 32.0. The van der Waals surface area contributed by atoms with E-state index in [9.17, 15) is 13.2 Å². The van der Waals surface area contributed by atoms with Gasteiger partial charge in [-0.05, 0) is 45.7 Å². The fraction of sp³-hybridized carbons (Fsp3) is 0.467. The highest BCUT2D eigenvalue weighted by Crippen LogP contribution is 2.40. The lowest BCUT2D eigenvalue weighted by Gasteiger charge is -2.18. The van der Waals surface area contributed by atoms with E-state index in [0.29, 0.717) is 11.0 Å². The van der Waals surface area contributed by atoms with Crippen molar-refractivity contribution in [3.8, 4) is 0 Å². The number of thiazole rings is 1. The van der Waals surface area contributed by atoms with Gasteiger partial charge in [0.1, 0.15) is 0 Å². The van der Waals surface area contributed by atoms with Gasteiger partial charge in [0.15, 0.2) is 10.9 Å². The number of furan rings is 1. The minimum atomic E-state index is -3.81. The Bertz CT molecular complexity index is 857. The van der Waals surface area contributed by atoms with Crippen molar-refractivity contribution in [3.63, 3.8) is 0 Å². The van der Waals surface area contributed by atoms with Crippen LogP contribution in [0, 0.1) is 0 Å². The largest absolute Gasteiger partial charge is 0.438 e. The molecule has 3 rings (SSSR count). The van der Waals surface area contributed by atoms with Gasteiger partial charge in [0.25, 0.3) is 15.9 Å². The molecule has 0 spiro atoms. The van der Waals surface area contributed by atoms with Gasteiger partial charge in [-0.2, -0.15) is 0 Å². The molecule has 1 aliphatic carbocycles. The molecule has 0 bridgehead atoms. The second kappa shape index (κ2) is 5.98. The third-order valence-corrected chi connectivity index (χ3v) is 5.65. The van der Waals surface area contributed by atoms with Gasteiger partial charge in [-0.25, -0.2) is 18.1 Å². The molecule has 2 aromatic heterocycles. The number of sulfonamides is 1. The molecular weight excluding hydrogens is 350 g/mol. The maximum absolute atomic E-state index is 12.2. The molecule has 2 N–H and O–H groups in total. The van der Waals surface area contributed by atoms with Crippen molar-refractivity contribution in [1.82, 2.24) is 9.71 Å². The van der Waals surface area contributed by atoms with Crippen molar-refractivity contribution < 1.29 is 17.6 Å². The van der Waals surface area contributed by atoms with Gasteiger partial charge in [0.05, 0.1) is 5.69 Å². The van der Waals surface area contributed by atoms with Crippen LogP contribution in [0.25, 0.3) is 0 Å². The van der Waals surface area contributed by atoms with Crippen molar-refractivity contribution in [2.45, 2.75) is 50.2 Å². The minimum Gasteiger partial charge on any atom is -0.438 e. The first-order valence-electron chi connectivity index (χ1n) is 7.55. The number of anilines is 1. The van der Waals surface area contributed by atoms with E-state index < -0.39 is 21.5 Å². The highest BCUT2D eigenvalue weighted by molar-refractivity contribution is 7.89. The van der Waals surface area contributed by atoms with E-state index >= 15 is 0 Å². The van der Waals surface area contributed by atoms with E-state index in [1.807, 2.05) is 5.38 Å². The number of aromatic nitrogens is 1. The van der Waals surface area contributed by atoms with Gasteiger partial charge in [-0.15, -0.1) is 11.3 Å². The Labute approximate surface area is 144 Å². The van der Waals surface area contributed by atoms with Crippen LogP contribution in [0.3, 0.4) is 0 Å². The lowest BCUT2D eigenvalue weighted by molar-refractivity contribution is 0.0991. The Morgan fingerprint density at radius 3 is 2.67 bits per heavy atom. The van der Waals surface area contributed by atoms with Gasteiger partial charge in [0.2, 0.25) is 5.09 Å². The molecule has 130 valence electrons. The first-order chi connectivity index (χ1) is 11.1. The molecule has 0 aromatic carbocycles. The zero-order chi connectivity index (χ0) is 17.5. The Balaban J connectivity index is 1.71. The Morgan fingerprint density at radius 1 is 1.33 bits per heavy atom. The van der Waals surface area contributed by atoms with E-state index in [0.717, 1.165) is 18.5 Å². The third kappa shape index (κ3) is 4.03. The van der Waals surface area contributed by atoms with Gasteiger partial charge < -0.3 is 4.42 Å². The van der Waals surface area contributed by atoms with E-state index in [-0.39, 0.29) is 10.9 Å². The first kappa shape index (κ1) is 17.1. The molecule has 0 saturated heterocycles. The van der Waals surface area contributed by atoms with E-state index in [2.05, 4.69) is 15.0 Å². The number of nitrogens with zero attached hydrogens (tertiary/aromatic N) is 1. The summed E-state index contributed by atoms with van der Waals surface area (Å²) in [5.74, 6) is -0.0907. The van der Waals surface area contributed by atoms with Crippen LogP contribution in [0.15, 0.2) is 27.0 Å². The number of carbonyl (C=O) groups excluding carboxylic acids is 1. The van der Waals surface area contributed by atoms with Gasteiger partial charge in [-0.1, -0.05) is 0 Å². The van der Waals surface area contributed by atoms with Crippen LogP contribution < -0.4 is 10.0 Å². The Morgan fingerprint density at radius 2 is 2.04 bits per heavy atom. The molecule has 1 amide bonds. The zero-order valence-corrected chi connectivity index (χ0v) is 15.3. The average molecular weight is 369 g/mol. The highest BCUT2D eigenvalue weighted by atomic mass is 32.2. The van der Waals surface area contributed by atoms with Crippen LogP contribution in [0.4, 0.5) is 5.13 Å². The van der Waals surface area contributed by atoms with E-state index in [1.165, 1.54) is 23.5 Å². The van der Waals surface area contributed by atoms with E-state index in [4.69, 9.17) is 4.42 Å². The van der Waals surface area contributed by atoms with Gasteiger partial charge >= 0.3 is 0 Å². The maximum Gasteiger partial charge on any atom is 0.293 e. The number of nitrogens with one attached hydrogen (secondary N) is 2. The molecular formula is C15H19N3O4S2. The third-order valence-electron chi connectivity index (χ3n) is 3.25. The quantitative estimate of drug-likeness (QED) is 0.844. The molecule has 1 saturated carbocycles. The van der Waals surface area contributed by atoms with Crippen molar-refractivity contribution in [2.75, 3.05) is 5.32 Å². The molecule has 9 heteroatoms. The monoisotopic (exact) mass is 369 g/mol. The summed E-state index contributed by atoms with van der Waals surface area (Å²) in [4.78, 5) is 16.5. The number of amides is 1. The van der Waals surface area contributed by atoms with Crippen LogP contribution in [0.1, 0.15) is 55.8 Å². The van der Waals surface area contributed by atoms with Crippen LogP contribution in [-0.4, -0.2) is 24.8 Å². The molecule has 2 heterocycles. The number of carbonyl (C=O) groups is 1. The van der Waals surface area contributed by atoms with Crippen LogP contribution in [-0.2, 0) is 10.0 Å². The van der Waals surface area contributed by atoms with Gasteiger partial charge in [0, 0.05) is 16.8 Å². The summed E-state index contributed by atoms with van der Waals surface area (Å²) in [5, 5.41) is 4.75. The zero-order valence-electron chi connectivity index (χ0n) is 13.6. The van der Waals surface area contributed by atoms with Crippen LogP contribution in [0.5, 0.6) is 0 Å². The van der Waals surface area contributed by atoms with Crippen LogP contribution >= 0.6 is 11.3 Å². The molecule has 24 heavy (non-hydrogen) atoms. The lowest BCUT2D eigenvalue weighted by Crippen LogP contribution is -2.40. The molecule has 0 aliphatic heterocycles. The highest BCUT2D eigenvalue weighted by Gasteiger charge is 2.28. The number of hydrogen-bond donors (Lipinski definition) is 2. The van der Waals surface area contributed by atoms with Crippen molar-refractivity contribution in [1.29, 1.82) is 0 Å². The number of rotatable bonds is 5. The predicted molar refractivity (Wildman–Crippen MR) is 90.8 cm³/mol. The Hall–Kier alpha value is -1.71. The fourth-order valence-corrected chi connectivity index (χ4v) is 4.25. The Kier molecular flexibility index (Phi) is 4.27. The molecule has 1 fully saturated rings. The second-order valence-corrected chi connectivity index (χ2v) is 9.25. The number of hydrogen-bond acceptors (Lipinski definition) is 6. The second-order valence-electron chi connectivity index (χ2n) is 6.78. The fourth-order valence-electron chi connectivity index (χ4n) is 2.11. The normalized spacial score (nSPS) is 15.5. The smallest absolute Gasteiger partial charge is 0.293 e. The summed E-state index contributed by atoms with van der Waals surface area (Å²) in [6.45, 7) is 5.17. The summed E-state index contributed by atoms with van der Waals surface area (Å²) in [7, 11) is -3.81. The molecule has 0 radical (unpaired) electrons. The predicted octanol–water partition coefficient (Wildman–Crippen LogP) is 2.94. The lowest BCUT2D eigenvalue weighted by atomic mass is 10.1. The average Bonchev–Trinajstić information content (AvgIpc) is 2.99. The van der Waals surface area contributed by atoms with Crippen molar-refractivity contribution >= 4 is 32.4 Å². The van der Waals surface area contributed by atoms with Crippen molar-refractivity contribution in [3.05, 3.63) is 29.0 Å². The summed E-state index contributed by atoms with van der Waals surface area (Å²) >= 11 is 1.35. The topological polar surface area (TPSA) is 101 Å². The van der Waals surface area contributed by atoms with E-state index in [1.54, 1.807) is 20.8 Å². The molecule has 1 aliphatic rings. The summed E-state index contributed by atoms with van der Waals surface area (Å²) in [6.07, 6.45) is 2.27. The molecule has 2 aromatic rings. The van der Waals surface area contributed by atoms with Crippen LogP contribution in [0.2, 0.25) is 0 Å². The summed E-state index contributed by atoms with van der Waals surface area (Å²) in [5.41, 5.74) is 0.348. The minimum absolute atomic E-state index is 0.0764. The molecule has 0 atom stereocenters. The van der Waals surface area contributed by atoms with Gasteiger partial charge in [-0.3, -0.25) is 10.1 Å². The molecule has 0 unspecified atom stereocenters. The molecule has 7 nitrogen and oxygen atoms in total. The maximum atomic E-state index is 12.2.